The first-order chi connectivity index (χ1) is 20.5. The number of aromatic nitrogens is 4. The van der Waals surface area contributed by atoms with Gasteiger partial charge in [0.25, 0.3) is 11.8 Å². The van der Waals surface area contributed by atoms with Crippen LogP contribution in [0.25, 0.3) is 11.2 Å². The predicted molar refractivity (Wildman–Crippen MR) is 156 cm³/mol. The van der Waals surface area contributed by atoms with Crippen molar-refractivity contribution in [3.8, 4) is 0 Å². The van der Waals surface area contributed by atoms with Crippen LogP contribution >= 0.6 is 0 Å². The van der Waals surface area contributed by atoms with E-state index >= 15 is 0 Å². The second-order valence-electron chi connectivity index (χ2n) is 9.81. The van der Waals surface area contributed by atoms with Crippen molar-refractivity contribution in [2.75, 3.05) is 18.0 Å². The third-order valence-corrected chi connectivity index (χ3v) is 6.60. The number of nitrogen functional groups attached to an aromatic ring is 2. The quantitative estimate of drug-likeness (QED) is 0.130. The molecule has 43 heavy (non-hydrogen) atoms. The number of carbonyl (C=O) groups excluding carboxylic acids is 2. The van der Waals surface area contributed by atoms with Crippen LogP contribution in [-0.2, 0) is 17.6 Å². The lowest BCUT2D eigenvalue weighted by Crippen LogP contribution is -2.41. The number of hydrogen-bond donors (Lipinski definition) is 6. The first-order valence-corrected chi connectivity index (χ1v) is 13.3. The molecule has 0 saturated carbocycles. The molecule has 8 N–H and O–H groups in total. The standard InChI is InChI=1S/C29H30N8O6/c1-15-4-11-19(20(13-15)27(40)41)26(39)32-12-2-3-21(28(42)43)35-25(38)17-8-5-16(6-9-17)7-10-18-14-33-24-22(34-18)23(30)36-29(31)37-24/h4-6,8-9,11,13-14,21H,2-3,7,10,12H2,1H3,(H,32,39)(H,35,38)(H,40,41)(H,42,43)(H4,30,31,33,36,37)/t21-/m0/s1. The Balaban J connectivity index is 1.27. The molecule has 222 valence electrons. The van der Waals surface area contributed by atoms with Crippen molar-refractivity contribution in [1.29, 1.82) is 0 Å². The van der Waals surface area contributed by atoms with E-state index in [2.05, 4.69) is 30.6 Å². The van der Waals surface area contributed by atoms with Crippen LogP contribution in [0.5, 0.6) is 0 Å². The number of carboxylic acid groups (broad SMARTS) is 2. The first kappa shape index (κ1) is 30.3. The fourth-order valence-electron chi connectivity index (χ4n) is 4.33. The number of carbonyl (C=O) groups is 4. The Bertz CT molecular complexity index is 1690. The monoisotopic (exact) mass is 586 g/mol. The second kappa shape index (κ2) is 13.3. The van der Waals surface area contributed by atoms with Crippen LogP contribution in [0, 0.1) is 6.92 Å². The number of benzene rings is 2. The number of nitrogens with two attached hydrogens (primary N) is 2. The highest BCUT2D eigenvalue weighted by Gasteiger charge is 2.21. The number of aryl methyl sites for hydroxylation is 3. The maximum absolute atomic E-state index is 12.7. The minimum Gasteiger partial charge on any atom is -0.480 e. The lowest BCUT2D eigenvalue weighted by atomic mass is 10.0. The summed E-state index contributed by atoms with van der Waals surface area (Å²) >= 11 is 0. The molecular weight excluding hydrogens is 556 g/mol. The largest absolute Gasteiger partial charge is 0.480 e. The number of aromatic carboxylic acids is 1. The molecule has 0 spiro atoms. The fourth-order valence-corrected chi connectivity index (χ4v) is 4.33. The summed E-state index contributed by atoms with van der Waals surface area (Å²) in [5.74, 6) is -3.40. The van der Waals surface area contributed by atoms with Crippen molar-refractivity contribution in [1.82, 2.24) is 30.6 Å². The lowest BCUT2D eigenvalue weighted by molar-refractivity contribution is -0.139. The number of amides is 2. The molecule has 2 heterocycles. The van der Waals surface area contributed by atoms with Gasteiger partial charge in [-0.15, -0.1) is 0 Å². The maximum Gasteiger partial charge on any atom is 0.336 e. The van der Waals surface area contributed by atoms with E-state index in [4.69, 9.17) is 11.5 Å². The van der Waals surface area contributed by atoms with Crippen LogP contribution in [0.15, 0.2) is 48.7 Å². The van der Waals surface area contributed by atoms with Crippen LogP contribution in [0.3, 0.4) is 0 Å². The van der Waals surface area contributed by atoms with Gasteiger partial charge in [-0.3, -0.25) is 9.59 Å². The molecule has 2 aromatic carbocycles. The van der Waals surface area contributed by atoms with Gasteiger partial charge in [0.05, 0.1) is 23.0 Å². The molecular formula is C29H30N8O6. The molecule has 0 bridgehead atoms. The topological polar surface area (TPSA) is 236 Å². The van der Waals surface area contributed by atoms with Gasteiger partial charge in [0.1, 0.15) is 6.04 Å². The molecule has 0 aliphatic heterocycles. The van der Waals surface area contributed by atoms with Gasteiger partial charge in [0.2, 0.25) is 5.95 Å². The molecule has 4 rings (SSSR count). The van der Waals surface area contributed by atoms with E-state index < -0.39 is 29.8 Å². The van der Waals surface area contributed by atoms with E-state index in [0.717, 1.165) is 5.56 Å². The summed E-state index contributed by atoms with van der Waals surface area (Å²) < 4.78 is 0. The van der Waals surface area contributed by atoms with E-state index in [1.807, 2.05) is 0 Å². The zero-order valence-electron chi connectivity index (χ0n) is 23.2. The number of carboxylic acids is 2. The normalized spacial score (nSPS) is 11.6. The zero-order valence-corrected chi connectivity index (χ0v) is 23.2. The highest BCUT2D eigenvalue weighted by atomic mass is 16.4. The molecule has 1 atom stereocenters. The Morgan fingerprint density at radius 1 is 0.907 bits per heavy atom. The van der Waals surface area contributed by atoms with Crippen LogP contribution in [0.2, 0.25) is 0 Å². The van der Waals surface area contributed by atoms with Gasteiger partial charge in [-0.25, -0.2) is 19.6 Å². The summed E-state index contributed by atoms with van der Waals surface area (Å²) in [4.78, 5) is 65.0. The van der Waals surface area contributed by atoms with Crippen molar-refractivity contribution in [2.45, 2.75) is 38.6 Å². The summed E-state index contributed by atoms with van der Waals surface area (Å²) in [6.07, 6.45) is 3.01. The van der Waals surface area contributed by atoms with Crippen molar-refractivity contribution < 1.29 is 29.4 Å². The summed E-state index contributed by atoms with van der Waals surface area (Å²) in [5.41, 5.74) is 14.6. The molecule has 0 fully saturated rings. The van der Waals surface area contributed by atoms with Crippen molar-refractivity contribution in [3.63, 3.8) is 0 Å². The van der Waals surface area contributed by atoms with Gasteiger partial charge in [0.15, 0.2) is 17.0 Å². The first-order valence-electron chi connectivity index (χ1n) is 13.3. The summed E-state index contributed by atoms with van der Waals surface area (Å²) in [7, 11) is 0. The molecule has 0 saturated heterocycles. The Morgan fingerprint density at radius 3 is 2.35 bits per heavy atom. The number of nitrogens with one attached hydrogen (secondary N) is 2. The van der Waals surface area contributed by atoms with E-state index in [1.165, 1.54) is 12.1 Å². The molecule has 0 aliphatic carbocycles. The number of fused-ring (bicyclic) bond motifs is 1. The van der Waals surface area contributed by atoms with Crippen LogP contribution < -0.4 is 22.1 Å². The number of nitrogens with zero attached hydrogens (tertiary/aromatic N) is 4. The molecule has 14 heteroatoms. The molecule has 2 amide bonds. The number of hydrogen-bond acceptors (Lipinski definition) is 10. The van der Waals surface area contributed by atoms with E-state index in [-0.39, 0.29) is 47.8 Å². The van der Waals surface area contributed by atoms with Crippen LogP contribution in [0.1, 0.15) is 60.7 Å². The molecule has 0 unspecified atom stereocenters. The van der Waals surface area contributed by atoms with Gasteiger partial charge in [-0.2, -0.15) is 9.97 Å². The highest BCUT2D eigenvalue weighted by molar-refractivity contribution is 6.05. The third kappa shape index (κ3) is 7.75. The van der Waals surface area contributed by atoms with Crippen molar-refractivity contribution in [2.24, 2.45) is 0 Å². The molecule has 14 nitrogen and oxygen atoms in total. The molecule has 0 aliphatic rings. The smallest absolute Gasteiger partial charge is 0.336 e. The average molecular weight is 587 g/mol. The predicted octanol–water partition coefficient (Wildman–Crippen LogP) is 1.77. The molecule has 2 aromatic heterocycles. The second-order valence-corrected chi connectivity index (χ2v) is 9.81. The maximum atomic E-state index is 12.7. The van der Waals surface area contributed by atoms with Gasteiger partial charge in [0, 0.05) is 12.1 Å². The Morgan fingerprint density at radius 2 is 1.65 bits per heavy atom. The minimum atomic E-state index is -1.22. The Hall–Kier alpha value is -5.66. The van der Waals surface area contributed by atoms with E-state index in [0.29, 0.717) is 35.3 Å². The van der Waals surface area contributed by atoms with E-state index in [9.17, 15) is 29.4 Å². The fraction of sp³-hybridized carbons (Fsp3) is 0.241. The summed E-state index contributed by atoms with van der Waals surface area (Å²) in [6.45, 7) is 1.81. The Labute approximate surface area is 245 Å². The minimum absolute atomic E-state index is 0.0136. The van der Waals surface area contributed by atoms with E-state index in [1.54, 1.807) is 43.5 Å². The average Bonchev–Trinajstić information content (AvgIpc) is 2.97. The molecule has 4 aromatic rings. The van der Waals surface area contributed by atoms with Gasteiger partial charge < -0.3 is 32.3 Å². The van der Waals surface area contributed by atoms with Crippen molar-refractivity contribution >= 4 is 46.7 Å². The van der Waals surface area contributed by atoms with Gasteiger partial charge in [-0.1, -0.05) is 23.8 Å². The zero-order chi connectivity index (χ0) is 31.1. The number of aliphatic carboxylic acids is 1. The number of anilines is 2. The number of rotatable bonds is 12. The molecule has 0 radical (unpaired) electrons. The third-order valence-electron chi connectivity index (χ3n) is 6.60. The summed E-state index contributed by atoms with van der Waals surface area (Å²) in [6, 6.07) is 10.0. The van der Waals surface area contributed by atoms with Crippen molar-refractivity contribution in [3.05, 3.63) is 82.2 Å². The van der Waals surface area contributed by atoms with Gasteiger partial charge in [-0.05, 0) is 62.4 Å². The highest BCUT2D eigenvalue weighted by Crippen LogP contribution is 2.16. The van der Waals surface area contributed by atoms with Gasteiger partial charge >= 0.3 is 11.9 Å². The summed E-state index contributed by atoms with van der Waals surface area (Å²) in [5, 5.41) is 24.1. The Kier molecular flexibility index (Phi) is 9.40. The lowest BCUT2D eigenvalue weighted by Gasteiger charge is -2.15. The SMILES string of the molecule is Cc1ccc(C(=O)NCCC[C@H](NC(=O)c2ccc(CCc3cnc4nc(N)nc(N)c4n3)cc2)C(=O)O)c(C(=O)O)c1. The van der Waals surface area contributed by atoms with Crippen LogP contribution in [0.4, 0.5) is 11.8 Å². The van der Waals surface area contributed by atoms with Crippen LogP contribution in [-0.4, -0.2) is 66.5 Å².